The third-order valence-corrected chi connectivity index (χ3v) is 7.75. The van der Waals surface area contributed by atoms with E-state index in [1.165, 1.54) is 36.4 Å². The van der Waals surface area contributed by atoms with Gasteiger partial charge >= 0.3 is 6.18 Å². The Balaban J connectivity index is 1.74. The van der Waals surface area contributed by atoms with Crippen molar-refractivity contribution in [2.45, 2.75) is 36.9 Å². The molecule has 0 N–H and O–H groups in total. The van der Waals surface area contributed by atoms with Crippen molar-refractivity contribution >= 4 is 27.7 Å². The van der Waals surface area contributed by atoms with Crippen LogP contribution in [0.15, 0.2) is 65.6 Å². The van der Waals surface area contributed by atoms with Gasteiger partial charge in [-0.1, -0.05) is 42.8 Å². The van der Waals surface area contributed by atoms with Crippen LogP contribution in [0.4, 0.5) is 17.6 Å². The summed E-state index contributed by atoms with van der Waals surface area (Å²) >= 11 is 6.14. The number of halogens is 5. The average Bonchev–Trinajstić information content (AvgIpc) is 2.86. The van der Waals surface area contributed by atoms with Crippen LogP contribution in [0.2, 0.25) is 5.02 Å². The normalized spacial score (nSPS) is 12.9. The molecule has 0 aliphatic heterocycles. The zero-order valence-electron chi connectivity index (χ0n) is 21.3. The number of nitrogens with zero attached hydrogens (tertiary/aromatic N) is 1. The molecule has 0 fully saturated rings. The second kappa shape index (κ2) is 12.9. The van der Waals surface area contributed by atoms with E-state index >= 15 is 0 Å². The molecule has 0 aliphatic rings. The maximum atomic E-state index is 13.4. The molecule has 0 aliphatic carbocycles. The first kappa shape index (κ1) is 30.6. The maximum Gasteiger partial charge on any atom is 0.417 e. The van der Waals surface area contributed by atoms with Crippen molar-refractivity contribution in [1.29, 1.82) is 0 Å². The molecule has 0 aromatic heterocycles. The molecular formula is C28H28ClF4NO4S. The number of ether oxygens (including phenoxy) is 1. The number of alkyl halides is 3. The number of hydrogen-bond acceptors (Lipinski definition) is 5. The van der Waals surface area contributed by atoms with E-state index in [1.54, 1.807) is 18.2 Å². The first-order valence-electron chi connectivity index (χ1n) is 12.0. The van der Waals surface area contributed by atoms with Crippen molar-refractivity contribution in [2.75, 3.05) is 26.0 Å². The van der Waals surface area contributed by atoms with Crippen LogP contribution < -0.4 is 4.74 Å². The largest absolute Gasteiger partial charge is 0.494 e. The van der Waals surface area contributed by atoms with Gasteiger partial charge in [0.05, 0.1) is 22.1 Å². The van der Waals surface area contributed by atoms with Gasteiger partial charge in [0.25, 0.3) is 0 Å². The van der Waals surface area contributed by atoms with Crippen LogP contribution in [-0.4, -0.2) is 45.6 Å². The van der Waals surface area contributed by atoms with Gasteiger partial charge in [-0.05, 0) is 59.9 Å². The fourth-order valence-corrected chi connectivity index (χ4v) is 5.35. The Kier molecular flexibility index (Phi) is 10.1. The van der Waals surface area contributed by atoms with Gasteiger partial charge in [-0.2, -0.15) is 13.2 Å². The highest BCUT2D eigenvalue weighted by atomic mass is 35.5. The highest BCUT2D eigenvalue weighted by Crippen LogP contribution is 2.36. The topological polar surface area (TPSA) is 63.7 Å². The lowest BCUT2D eigenvalue weighted by atomic mass is 10.00. The summed E-state index contributed by atoms with van der Waals surface area (Å²) in [6.45, 7) is 3.13. The molecule has 1 unspecified atom stereocenters. The van der Waals surface area contributed by atoms with E-state index in [-0.39, 0.29) is 46.1 Å². The Hall–Kier alpha value is -2.95. The number of sulfone groups is 1. The first-order valence-corrected chi connectivity index (χ1v) is 14.3. The van der Waals surface area contributed by atoms with E-state index in [4.69, 9.17) is 16.3 Å². The smallest absolute Gasteiger partial charge is 0.417 e. The molecule has 39 heavy (non-hydrogen) atoms. The number of carbonyl (C=O) groups excluding carboxylic acids is 1. The molecule has 5 nitrogen and oxygen atoms in total. The number of benzene rings is 3. The Labute approximate surface area is 230 Å². The minimum Gasteiger partial charge on any atom is -0.494 e. The molecular weight excluding hydrogens is 558 g/mol. The molecule has 0 radical (unpaired) electrons. The molecule has 3 aromatic carbocycles. The van der Waals surface area contributed by atoms with E-state index in [9.17, 15) is 30.8 Å². The van der Waals surface area contributed by atoms with E-state index in [0.717, 1.165) is 17.9 Å². The molecule has 0 bridgehead atoms. The summed E-state index contributed by atoms with van der Waals surface area (Å²) in [6.07, 6.45) is -2.68. The van der Waals surface area contributed by atoms with Crippen LogP contribution >= 0.6 is 11.6 Å². The van der Waals surface area contributed by atoms with Gasteiger partial charge in [0.2, 0.25) is 0 Å². The van der Waals surface area contributed by atoms with E-state index < -0.39 is 21.6 Å². The first-order chi connectivity index (χ1) is 18.3. The Bertz CT molecular complexity index is 1400. The van der Waals surface area contributed by atoms with Gasteiger partial charge in [0, 0.05) is 31.5 Å². The molecule has 11 heteroatoms. The highest BCUT2D eigenvalue weighted by molar-refractivity contribution is 7.90. The quantitative estimate of drug-likeness (QED) is 0.133. The fourth-order valence-electron chi connectivity index (χ4n) is 4.18. The summed E-state index contributed by atoms with van der Waals surface area (Å²) in [5.41, 5.74) is 0.318. The highest BCUT2D eigenvalue weighted by Gasteiger charge is 2.34. The Morgan fingerprint density at radius 2 is 1.77 bits per heavy atom. The summed E-state index contributed by atoms with van der Waals surface area (Å²) in [6, 6.07) is 14.0. The van der Waals surface area contributed by atoms with Crippen molar-refractivity contribution in [2.24, 2.45) is 0 Å². The van der Waals surface area contributed by atoms with Crippen LogP contribution in [0, 0.1) is 5.82 Å². The molecule has 0 saturated heterocycles. The number of rotatable bonds is 12. The summed E-state index contributed by atoms with van der Waals surface area (Å²) in [5.74, 6) is -0.159. The van der Waals surface area contributed by atoms with E-state index in [1.807, 2.05) is 11.8 Å². The number of aldehydes is 1. The van der Waals surface area contributed by atoms with Crippen molar-refractivity contribution in [1.82, 2.24) is 4.90 Å². The van der Waals surface area contributed by atoms with Gasteiger partial charge in [-0.3, -0.25) is 9.69 Å². The van der Waals surface area contributed by atoms with Crippen LogP contribution in [-0.2, 0) is 22.6 Å². The second-order valence-electron chi connectivity index (χ2n) is 9.26. The Morgan fingerprint density at radius 1 is 1.08 bits per heavy atom. The van der Waals surface area contributed by atoms with E-state index in [2.05, 4.69) is 0 Å². The van der Waals surface area contributed by atoms with Crippen molar-refractivity contribution in [3.8, 4) is 5.75 Å². The minimum absolute atomic E-state index is 0.0313. The third kappa shape index (κ3) is 8.52. The molecule has 210 valence electrons. The van der Waals surface area contributed by atoms with Crippen LogP contribution in [0.5, 0.6) is 5.75 Å². The summed E-state index contributed by atoms with van der Waals surface area (Å²) in [7, 11) is -3.64. The predicted octanol–water partition coefficient (Wildman–Crippen LogP) is 6.79. The standard InChI is InChI=1S/C28H28ClF4NO4S/c1-19(20-7-10-23(30)11-8-20)16-34(17-21-5-3-6-25(27(21)29)28(31,32)33)13-4-14-38-24-12-9-22(18-35)26(15-24)39(2,36)37/h3,5-12,15,18-19H,4,13-14,16-17H2,1-2H3. The predicted molar refractivity (Wildman–Crippen MR) is 142 cm³/mol. The molecule has 0 heterocycles. The van der Waals surface area contributed by atoms with Crippen molar-refractivity contribution < 1.29 is 35.5 Å². The molecule has 3 aromatic rings. The maximum absolute atomic E-state index is 13.4. The zero-order valence-corrected chi connectivity index (χ0v) is 22.9. The van der Waals surface area contributed by atoms with Crippen molar-refractivity contribution in [3.05, 3.63) is 93.8 Å². The SMILES string of the molecule is CC(CN(CCCOc1ccc(C=O)c(S(C)(=O)=O)c1)Cc1cccc(C(F)(F)F)c1Cl)c1ccc(F)cc1. The van der Waals surface area contributed by atoms with Crippen LogP contribution in [0.1, 0.15) is 46.3 Å². The fraction of sp³-hybridized carbons (Fsp3) is 0.321. The lowest BCUT2D eigenvalue weighted by molar-refractivity contribution is -0.137. The summed E-state index contributed by atoms with van der Waals surface area (Å²) in [4.78, 5) is 13.0. The van der Waals surface area contributed by atoms with Gasteiger partial charge in [0.1, 0.15) is 11.6 Å². The lowest BCUT2D eigenvalue weighted by Crippen LogP contribution is -2.30. The van der Waals surface area contributed by atoms with Crippen molar-refractivity contribution in [3.63, 3.8) is 0 Å². The number of carbonyl (C=O) groups is 1. The molecule has 3 rings (SSSR count). The van der Waals surface area contributed by atoms with Crippen LogP contribution in [0.3, 0.4) is 0 Å². The average molecular weight is 586 g/mol. The van der Waals surface area contributed by atoms with Gasteiger partial charge in [0.15, 0.2) is 16.1 Å². The molecule has 0 saturated carbocycles. The molecule has 0 amide bonds. The molecule has 0 spiro atoms. The lowest BCUT2D eigenvalue weighted by Gasteiger charge is -2.27. The minimum atomic E-state index is -4.59. The molecule has 1 atom stereocenters. The summed E-state index contributed by atoms with van der Waals surface area (Å²) in [5, 5.41) is -0.357. The van der Waals surface area contributed by atoms with Gasteiger partial charge in [-0.15, -0.1) is 0 Å². The number of hydrogen-bond donors (Lipinski definition) is 0. The monoisotopic (exact) mass is 585 g/mol. The zero-order chi connectivity index (χ0) is 28.8. The van der Waals surface area contributed by atoms with Crippen LogP contribution in [0.25, 0.3) is 0 Å². The van der Waals surface area contributed by atoms with Gasteiger partial charge in [-0.25, -0.2) is 12.8 Å². The Morgan fingerprint density at radius 3 is 2.38 bits per heavy atom. The van der Waals surface area contributed by atoms with Gasteiger partial charge < -0.3 is 4.74 Å². The van der Waals surface area contributed by atoms with E-state index in [0.29, 0.717) is 31.4 Å². The summed E-state index contributed by atoms with van der Waals surface area (Å²) < 4.78 is 83.2. The third-order valence-electron chi connectivity index (χ3n) is 6.15. The second-order valence-corrected chi connectivity index (χ2v) is 11.6.